The van der Waals surface area contributed by atoms with Gasteiger partial charge in [-0.3, -0.25) is 0 Å². The minimum absolute atomic E-state index is 0.267. The van der Waals surface area contributed by atoms with Gasteiger partial charge in [0, 0.05) is 19.8 Å². The zero-order valence-corrected chi connectivity index (χ0v) is 18.7. The van der Waals surface area contributed by atoms with E-state index in [4.69, 9.17) is 15.3 Å². The van der Waals surface area contributed by atoms with E-state index in [0.717, 1.165) is 36.5 Å². The van der Waals surface area contributed by atoms with Crippen molar-refractivity contribution < 1.29 is 15.3 Å². The van der Waals surface area contributed by atoms with Gasteiger partial charge in [-0.25, -0.2) is 0 Å². The fraction of sp³-hybridized carbons (Fsp3) is 1.00. The van der Waals surface area contributed by atoms with Gasteiger partial charge >= 0.3 is 46.7 Å². The maximum atomic E-state index is 8.02. The molecule has 0 aliphatic heterocycles. The Balaban J connectivity index is -0.0000000853. The zero-order valence-electron chi connectivity index (χ0n) is 12.7. The summed E-state index contributed by atoms with van der Waals surface area (Å²) in [6, 6.07) is 0. The number of unbranched alkanes of at least 4 members (excludes halogenated alkanes) is 1. The van der Waals surface area contributed by atoms with Crippen molar-refractivity contribution in [2.75, 3.05) is 37.1 Å². The first-order valence-electron chi connectivity index (χ1n) is 7.01. The molecule has 0 unspecified atom stereocenters. The van der Waals surface area contributed by atoms with Gasteiger partial charge in [-0.15, -0.1) is 0 Å². The molecular weight excluding hydrogens is 419 g/mol. The molecule has 0 aromatic heterocycles. The fourth-order valence-corrected chi connectivity index (χ4v) is 2.01. The van der Waals surface area contributed by atoms with Gasteiger partial charge in [-0.1, -0.05) is 0 Å². The maximum absolute atomic E-state index is 8.02. The Morgan fingerprint density at radius 1 is 0.700 bits per heavy atom. The monoisotopic (exact) mass is 454 g/mol. The average Bonchev–Trinajstić information content (AvgIpc) is 2.44. The van der Waals surface area contributed by atoms with Crippen molar-refractivity contribution in [1.82, 2.24) is 0 Å². The molecule has 0 rings (SSSR count). The van der Waals surface area contributed by atoms with Crippen molar-refractivity contribution in [3.05, 3.63) is 0 Å². The number of rotatable bonds is 8. The Bertz CT molecular complexity index is 82.9. The van der Waals surface area contributed by atoms with Crippen LogP contribution in [0.2, 0.25) is 4.44 Å². The molecular formula is C13H34O3S3Sn. The molecule has 0 amide bonds. The third-order valence-electron chi connectivity index (χ3n) is 1.51. The largest absolute Gasteiger partial charge is 0.396 e. The number of hydrogen-bond donors (Lipinski definition) is 6. The Hall–Kier alpha value is 1.73. The standard InChI is InChI=1S/C4H9.3C3H8OS.Sn.H/c1-3-4-2;3*4-2-1-3-5;;/h1,3-4H2,2H3;3*4-5H,1-3H2;;. The molecule has 0 bridgehead atoms. The third kappa shape index (κ3) is 73.1. The summed E-state index contributed by atoms with van der Waals surface area (Å²) in [5.41, 5.74) is 0. The van der Waals surface area contributed by atoms with Crippen LogP contribution in [0.5, 0.6) is 0 Å². The van der Waals surface area contributed by atoms with E-state index in [-0.39, 0.29) is 19.8 Å². The summed E-state index contributed by atoms with van der Waals surface area (Å²) >= 11 is 13.0. The van der Waals surface area contributed by atoms with Crippen LogP contribution >= 0.6 is 37.9 Å². The first kappa shape index (κ1) is 29.7. The Morgan fingerprint density at radius 3 is 1.00 bits per heavy atom. The van der Waals surface area contributed by atoms with Crippen molar-refractivity contribution in [2.24, 2.45) is 0 Å². The van der Waals surface area contributed by atoms with Crippen LogP contribution in [0.1, 0.15) is 39.0 Å². The second-order valence-corrected chi connectivity index (χ2v) is 6.53. The molecule has 2 radical (unpaired) electrons. The zero-order chi connectivity index (χ0) is 16.5. The van der Waals surface area contributed by atoms with Crippen LogP contribution < -0.4 is 0 Å². The Labute approximate surface area is 155 Å². The molecule has 3 N–H and O–H groups in total. The van der Waals surface area contributed by atoms with Crippen molar-refractivity contribution >= 4 is 60.4 Å². The summed E-state index contributed by atoms with van der Waals surface area (Å²) in [5.74, 6) is 2.36. The van der Waals surface area contributed by atoms with Crippen LogP contribution in [-0.2, 0) is 0 Å². The predicted molar refractivity (Wildman–Crippen MR) is 104 cm³/mol. The van der Waals surface area contributed by atoms with Gasteiger partial charge in [0.15, 0.2) is 0 Å². The third-order valence-corrected chi connectivity index (χ3v) is 3.62. The van der Waals surface area contributed by atoms with Crippen LogP contribution in [0.15, 0.2) is 0 Å². The molecule has 0 saturated heterocycles. The predicted octanol–water partition coefficient (Wildman–Crippen LogP) is 2.00. The van der Waals surface area contributed by atoms with Gasteiger partial charge in [-0.05, 0) is 36.5 Å². The van der Waals surface area contributed by atoms with Gasteiger partial charge in [0.05, 0.1) is 0 Å². The fourth-order valence-electron chi connectivity index (χ4n) is 0.416. The van der Waals surface area contributed by atoms with Crippen molar-refractivity contribution in [3.8, 4) is 0 Å². The first-order chi connectivity index (χ1) is 9.66. The van der Waals surface area contributed by atoms with Gasteiger partial charge in [0.2, 0.25) is 0 Å². The van der Waals surface area contributed by atoms with E-state index in [0.29, 0.717) is 0 Å². The molecule has 0 heterocycles. The summed E-state index contributed by atoms with van der Waals surface area (Å²) in [4.78, 5) is 0. The van der Waals surface area contributed by atoms with Crippen molar-refractivity contribution in [2.45, 2.75) is 43.5 Å². The van der Waals surface area contributed by atoms with E-state index in [1.165, 1.54) is 39.8 Å². The van der Waals surface area contributed by atoms with Gasteiger partial charge in [-0.2, -0.15) is 37.9 Å². The molecule has 126 valence electrons. The second kappa shape index (κ2) is 42.8. The molecule has 0 spiro atoms. The van der Waals surface area contributed by atoms with Crippen LogP contribution in [0.4, 0.5) is 0 Å². The van der Waals surface area contributed by atoms with E-state index in [1.54, 1.807) is 0 Å². The van der Waals surface area contributed by atoms with Crippen LogP contribution in [0.25, 0.3) is 0 Å². The second-order valence-electron chi connectivity index (χ2n) is 3.54. The first-order valence-corrected chi connectivity index (χ1v) is 11.2. The summed E-state index contributed by atoms with van der Waals surface area (Å²) in [5, 5.41) is 24.1. The number of aliphatic hydroxyl groups excluding tert-OH is 3. The number of thiol groups is 3. The van der Waals surface area contributed by atoms with Crippen molar-refractivity contribution in [1.29, 1.82) is 0 Å². The maximum Gasteiger partial charge on any atom is 0.0438 e. The van der Waals surface area contributed by atoms with E-state index in [1.807, 2.05) is 0 Å². The molecule has 7 heteroatoms. The SMILES string of the molecule is CCC[CH2][SnH].OCCCS.OCCCS.OCCCS. The smallest absolute Gasteiger partial charge is 0.0438 e. The normalized spacial score (nSPS) is 8.40. The Kier molecular flexibility index (Phi) is 63.6. The minimum Gasteiger partial charge on any atom is -0.396 e. The number of aliphatic hydroxyl groups is 3. The van der Waals surface area contributed by atoms with Gasteiger partial charge < -0.3 is 15.3 Å². The molecule has 0 saturated carbocycles. The molecule has 0 aliphatic rings. The molecule has 0 aromatic carbocycles. The molecule has 20 heavy (non-hydrogen) atoms. The summed E-state index contributed by atoms with van der Waals surface area (Å²) < 4.78 is 1.47. The summed E-state index contributed by atoms with van der Waals surface area (Å²) in [6.07, 6.45) is 5.25. The molecule has 0 aliphatic carbocycles. The quantitative estimate of drug-likeness (QED) is 0.252. The van der Waals surface area contributed by atoms with E-state index in [9.17, 15) is 0 Å². The van der Waals surface area contributed by atoms with Crippen LogP contribution in [0.3, 0.4) is 0 Å². The molecule has 3 nitrogen and oxygen atoms in total. The van der Waals surface area contributed by atoms with Crippen LogP contribution in [0, 0.1) is 0 Å². The van der Waals surface area contributed by atoms with Gasteiger partial charge in [0.1, 0.15) is 0 Å². The van der Waals surface area contributed by atoms with Gasteiger partial charge in [0.25, 0.3) is 0 Å². The topological polar surface area (TPSA) is 60.7 Å². The number of hydrogen-bond acceptors (Lipinski definition) is 6. The van der Waals surface area contributed by atoms with E-state index < -0.39 is 0 Å². The van der Waals surface area contributed by atoms with E-state index >= 15 is 0 Å². The minimum atomic E-state index is 0.267. The molecule has 0 aromatic rings. The summed E-state index contributed by atoms with van der Waals surface area (Å²) in [6.45, 7) is 3.03. The average molecular weight is 453 g/mol. The van der Waals surface area contributed by atoms with Crippen molar-refractivity contribution in [3.63, 3.8) is 0 Å². The molecule has 0 atom stereocenters. The molecule has 0 fully saturated rings. The van der Waals surface area contributed by atoms with E-state index in [2.05, 4.69) is 44.8 Å². The summed E-state index contributed by atoms with van der Waals surface area (Å²) in [7, 11) is 0. The van der Waals surface area contributed by atoms with Crippen LogP contribution in [-0.4, -0.2) is 74.9 Å². The Morgan fingerprint density at radius 2 is 1.00 bits per heavy atom.